The highest BCUT2D eigenvalue weighted by atomic mass is 32.2. The number of nitro benzene ring substituents is 1. The minimum Gasteiger partial charge on any atom is -0.366 e. The van der Waals surface area contributed by atoms with Crippen molar-refractivity contribution in [1.82, 2.24) is 19.0 Å². The predicted molar refractivity (Wildman–Crippen MR) is 117 cm³/mol. The van der Waals surface area contributed by atoms with Gasteiger partial charge in [-0.1, -0.05) is 0 Å². The molecule has 0 N–H and O–H groups in total. The van der Waals surface area contributed by atoms with Gasteiger partial charge in [0.2, 0.25) is 10.0 Å². The van der Waals surface area contributed by atoms with Crippen LogP contribution in [0.3, 0.4) is 0 Å². The molecule has 2 saturated heterocycles. The normalized spacial score (nSPS) is 19.6. The topological polar surface area (TPSA) is 105 Å². The summed E-state index contributed by atoms with van der Waals surface area (Å²) in [4.78, 5) is 15.4. The zero-order chi connectivity index (χ0) is 22.2. The molecule has 0 radical (unpaired) electrons. The Morgan fingerprint density at radius 2 is 1.71 bits per heavy atom. The molecule has 31 heavy (non-hydrogen) atoms. The summed E-state index contributed by atoms with van der Waals surface area (Å²) in [5.74, 6) is 0.361. The summed E-state index contributed by atoms with van der Waals surface area (Å²) in [6.45, 7) is 3.39. The van der Waals surface area contributed by atoms with Gasteiger partial charge in [-0.05, 0) is 38.1 Å². The molecule has 0 saturated carbocycles. The predicted octanol–water partition coefficient (Wildman–Crippen LogP) is 1.65. The smallest absolute Gasteiger partial charge is 0.293 e. The van der Waals surface area contributed by atoms with Crippen LogP contribution in [0.2, 0.25) is 0 Å². The third-order valence-corrected chi connectivity index (χ3v) is 8.25. The summed E-state index contributed by atoms with van der Waals surface area (Å²) in [6.07, 6.45) is 3.50. The molecule has 2 fully saturated rings. The lowest BCUT2D eigenvalue weighted by Crippen LogP contribution is -2.47. The number of aromatic nitrogens is 2. The van der Waals surface area contributed by atoms with Crippen LogP contribution in [0.4, 0.5) is 11.4 Å². The molecule has 0 aliphatic carbocycles. The van der Waals surface area contributed by atoms with Crippen molar-refractivity contribution < 1.29 is 13.3 Å². The van der Waals surface area contributed by atoms with E-state index in [4.69, 9.17) is 0 Å². The van der Waals surface area contributed by atoms with Crippen molar-refractivity contribution in [2.24, 2.45) is 7.05 Å². The number of nitro groups is 1. The van der Waals surface area contributed by atoms with Crippen LogP contribution in [0.5, 0.6) is 0 Å². The molecular weight excluding hydrogens is 420 g/mol. The van der Waals surface area contributed by atoms with E-state index >= 15 is 0 Å². The van der Waals surface area contributed by atoms with Gasteiger partial charge in [0.15, 0.2) is 0 Å². The van der Waals surface area contributed by atoms with Gasteiger partial charge in [0, 0.05) is 70.2 Å². The Balaban J connectivity index is 1.54. The Labute approximate surface area is 182 Å². The molecule has 10 nitrogen and oxygen atoms in total. The number of anilines is 1. The minimum absolute atomic E-state index is 0.0164. The van der Waals surface area contributed by atoms with E-state index in [1.54, 1.807) is 12.3 Å². The number of piperidine rings is 1. The zero-order valence-corrected chi connectivity index (χ0v) is 18.7. The lowest BCUT2D eigenvalue weighted by molar-refractivity contribution is -0.384. The third kappa shape index (κ3) is 4.30. The minimum atomic E-state index is -3.76. The SMILES string of the molecule is CN1CCN(S(=O)(=O)c2ccc(N3CCC(c4ccnn4C)CC3)c([N+](=O)[O-])c2)CC1. The molecular formula is C20H28N6O4S. The number of rotatable bonds is 5. The zero-order valence-electron chi connectivity index (χ0n) is 17.8. The summed E-state index contributed by atoms with van der Waals surface area (Å²) < 4.78 is 29.3. The molecule has 11 heteroatoms. The average Bonchev–Trinajstić information content (AvgIpc) is 3.19. The molecule has 2 aliphatic rings. The van der Waals surface area contributed by atoms with Crippen molar-refractivity contribution in [2.75, 3.05) is 51.2 Å². The number of piperazine rings is 1. The summed E-state index contributed by atoms with van der Waals surface area (Å²) in [6, 6.07) is 6.33. The Morgan fingerprint density at radius 3 is 2.29 bits per heavy atom. The molecule has 0 bridgehead atoms. The molecule has 4 rings (SSSR count). The lowest BCUT2D eigenvalue weighted by atomic mass is 9.93. The molecule has 0 spiro atoms. The Kier molecular flexibility index (Phi) is 6.00. The lowest BCUT2D eigenvalue weighted by Gasteiger charge is -2.33. The first-order chi connectivity index (χ1) is 14.8. The molecule has 2 aromatic rings. The fourth-order valence-corrected chi connectivity index (χ4v) is 5.90. The van der Waals surface area contributed by atoms with Crippen molar-refractivity contribution >= 4 is 21.4 Å². The van der Waals surface area contributed by atoms with E-state index in [0.29, 0.717) is 50.9 Å². The maximum atomic E-state index is 13.0. The number of likely N-dealkylation sites (N-methyl/N-ethyl adjacent to an activating group) is 1. The molecule has 1 aromatic carbocycles. The van der Waals surface area contributed by atoms with Gasteiger partial charge in [-0.2, -0.15) is 9.40 Å². The van der Waals surface area contributed by atoms with Gasteiger partial charge >= 0.3 is 0 Å². The maximum absolute atomic E-state index is 13.0. The van der Waals surface area contributed by atoms with Gasteiger partial charge in [0.05, 0.1) is 9.82 Å². The molecule has 1 aromatic heterocycles. The number of aryl methyl sites for hydroxylation is 1. The van der Waals surface area contributed by atoms with Crippen molar-refractivity contribution in [3.05, 3.63) is 46.3 Å². The Hall–Kier alpha value is -2.50. The monoisotopic (exact) mass is 448 g/mol. The number of benzene rings is 1. The van der Waals surface area contributed by atoms with Crippen LogP contribution in [0.15, 0.2) is 35.4 Å². The number of sulfonamides is 1. The van der Waals surface area contributed by atoms with Crippen LogP contribution >= 0.6 is 0 Å². The van der Waals surface area contributed by atoms with Crippen LogP contribution in [-0.4, -0.2) is 78.6 Å². The van der Waals surface area contributed by atoms with Gasteiger partial charge in [-0.25, -0.2) is 8.42 Å². The fourth-order valence-electron chi connectivity index (χ4n) is 4.46. The average molecular weight is 449 g/mol. The standard InChI is InChI=1S/C20H28N6O4S/c1-22-11-13-25(14-12-22)31(29,30)17-3-4-19(20(15-17)26(27)28)24-9-6-16(7-10-24)18-5-8-21-23(18)2/h3-5,8,15-16H,6-7,9-14H2,1-2H3. The number of hydrogen-bond donors (Lipinski definition) is 0. The van der Waals surface area contributed by atoms with Crippen LogP contribution in [0, 0.1) is 10.1 Å². The second kappa shape index (κ2) is 8.56. The second-order valence-corrected chi connectivity index (χ2v) is 10.2. The molecule has 3 heterocycles. The van der Waals surface area contributed by atoms with E-state index in [9.17, 15) is 18.5 Å². The van der Waals surface area contributed by atoms with Crippen LogP contribution in [0.25, 0.3) is 0 Å². The molecule has 168 valence electrons. The van der Waals surface area contributed by atoms with E-state index < -0.39 is 14.9 Å². The van der Waals surface area contributed by atoms with E-state index in [1.165, 1.54) is 22.1 Å². The van der Waals surface area contributed by atoms with Crippen LogP contribution in [0.1, 0.15) is 24.5 Å². The van der Waals surface area contributed by atoms with Crippen LogP contribution in [-0.2, 0) is 17.1 Å². The van der Waals surface area contributed by atoms with Gasteiger partial charge in [0.25, 0.3) is 5.69 Å². The van der Waals surface area contributed by atoms with Gasteiger partial charge in [0.1, 0.15) is 5.69 Å². The van der Waals surface area contributed by atoms with E-state index in [0.717, 1.165) is 12.8 Å². The van der Waals surface area contributed by atoms with Crippen molar-refractivity contribution in [2.45, 2.75) is 23.7 Å². The maximum Gasteiger partial charge on any atom is 0.293 e. The molecule has 0 atom stereocenters. The molecule has 0 amide bonds. The number of hydrogen-bond acceptors (Lipinski definition) is 7. The second-order valence-electron chi connectivity index (χ2n) is 8.26. The summed E-state index contributed by atoms with van der Waals surface area (Å²) in [5, 5.41) is 16.0. The highest BCUT2D eigenvalue weighted by Crippen LogP contribution is 2.36. The van der Waals surface area contributed by atoms with Crippen molar-refractivity contribution in [3.63, 3.8) is 0 Å². The molecule has 2 aliphatic heterocycles. The largest absolute Gasteiger partial charge is 0.366 e. The first kappa shape index (κ1) is 21.7. The summed E-state index contributed by atoms with van der Waals surface area (Å²) >= 11 is 0. The van der Waals surface area contributed by atoms with E-state index in [1.807, 2.05) is 29.7 Å². The summed E-state index contributed by atoms with van der Waals surface area (Å²) in [7, 11) is 0.110. The van der Waals surface area contributed by atoms with Crippen molar-refractivity contribution in [1.29, 1.82) is 0 Å². The first-order valence-electron chi connectivity index (χ1n) is 10.5. The quantitative estimate of drug-likeness (QED) is 0.506. The van der Waals surface area contributed by atoms with Gasteiger partial charge < -0.3 is 9.80 Å². The highest BCUT2D eigenvalue weighted by molar-refractivity contribution is 7.89. The third-order valence-electron chi connectivity index (χ3n) is 6.36. The van der Waals surface area contributed by atoms with Crippen LogP contribution < -0.4 is 4.90 Å². The van der Waals surface area contributed by atoms with Gasteiger partial charge in [-0.3, -0.25) is 14.8 Å². The molecule has 0 unspecified atom stereocenters. The van der Waals surface area contributed by atoms with Gasteiger partial charge in [-0.15, -0.1) is 0 Å². The highest BCUT2D eigenvalue weighted by Gasteiger charge is 2.32. The Morgan fingerprint density at radius 1 is 1.03 bits per heavy atom. The Bertz CT molecular complexity index is 1050. The first-order valence-corrected chi connectivity index (χ1v) is 11.9. The number of nitrogens with zero attached hydrogens (tertiary/aromatic N) is 6. The summed E-state index contributed by atoms with van der Waals surface area (Å²) in [5.41, 5.74) is 1.49. The van der Waals surface area contributed by atoms with E-state index in [-0.39, 0.29) is 10.6 Å². The van der Waals surface area contributed by atoms with Crippen molar-refractivity contribution in [3.8, 4) is 0 Å². The van der Waals surface area contributed by atoms with E-state index in [2.05, 4.69) is 10.00 Å². The fraction of sp³-hybridized carbons (Fsp3) is 0.550.